The van der Waals surface area contributed by atoms with E-state index >= 15 is 0 Å². The van der Waals surface area contributed by atoms with E-state index in [4.69, 9.17) is 11.1 Å². The standard InChI is InChI=1S/C26H31N5/c1-3-20-8-9-22(26-11-10-25(28)18-31-26)13-21(20)7-6-19(2)15-30-17-24(14-27)23-5-4-12-29-16-23/h3-5,8-14,16,18-19,24,27,30H,1,6-7,15,17,28H2,2H3/t19-,24+/m1/s1. The molecule has 0 amide bonds. The van der Waals surface area contributed by atoms with Crippen molar-refractivity contribution < 1.29 is 0 Å². The van der Waals surface area contributed by atoms with E-state index in [1.807, 2.05) is 36.5 Å². The maximum atomic E-state index is 7.71. The Hall–Kier alpha value is -3.31. The number of benzene rings is 1. The Kier molecular flexibility index (Phi) is 8.07. The summed E-state index contributed by atoms with van der Waals surface area (Å²) in [7, 11) is 0. The monoisotopic (exact) mass is 413 g/mol. The van der Waals surface area contributed by atoms with Crippen LogP contribution in [0.2, 0.25) is 0 Å². The third-order valence-corrected chi connectivity index (χ3v) is 5.52. The molecule has 0 aliphatic heterocycles. The molecule has 0 aliphatic carbocycles. The molecule has 5 heteroatoms. The lowest BCUT2D eigenvalue weighted by Crippen LogP contribution is -2.27. The van der Waals surface area contributed by atoms with Crippen LogP contribution in [0.1, 0.15) is 36.0 Å². The highest BCUT2D eigenvalue weighted by molar-refractivity contribution is 5.66. The zero-order valence-electron chi connectivity index (χ0n) is 18.1. The van der Waals surface area contributed by atoms with Crippen molar-refractivity contribution in [3.05, 3.63) is 84.3 Å². The molecule has 0 spiro atoms. The summed E-state index contributed by atoms with van der Waals surface area (Å²) in [5.41, 5.74) is 12.0. The van der Waals surface area contributed by atoms with Gasteiger partial charge in [-0.25, -0.2) is 0 Å². The fraction of sp³-hybridized carbons (Fsp3) is 0.269. The van der Waals surface area contributed by atoms with Crippen LogP contribution in [-0.4, -0.2) is 29.3 Å². The zero-order valence-corrected chi connectivity index (χ0v) is 18.1. The van der Waals surface area contributed by atoms with E-state index in [1.165, 1.54) is 17.3 Å². The molecule has 2 atom stereocenters. The molecule has 0 saturated carbocycles. The van der Waals surface area contributed by atoms with E-state index in [-0.39, 0.29) is 5.92 Å². The number of rotatable bonds is 11. The van der Waals surface area contributed by atoms with Gasteiger partial charge in [0.1, 0.15) is 0 Å². The second kappa shape index (κ2) is 11.2. The Morgan fingerprint density at radius 3 is 2.71 bits per heavy atom. The second-order valence-electron chi connectivity index (χ2n) is 7.96. The third-order valence-electron chi connectivity index (χ3n) is 5.52. The highest BCUT2D eigenvalue weighted by Crippen LogP contribution is 2.24. The van der Waals surface area contributed by atoms with E-state index in [0.29, 0.717) is 11.6 Å². The molecular weight excluding hydrogens is 382 g/mol. The molecule has 1 aromatic carbocycles. The molecule has 0 bridgehead atoms. The van der Waals surface area contributed by atoms with E-state index < -0.39 is 0 Å². The van der Waals surface area contributed by atoms with Gasteiger partial charge in [-0.15, -0.1) is 0 Å². The molecule has 0 fully saturated rings. The predicted molar refractivity (Wildman–Crippen MR) is 130 cm³/mol. The number of nitrogens with one attached hydrogen (secondary N) is 2. The zero-order chi connectivity index (χ0) is 22.1. The van der Waals surface area contributed by atoms with E-state index in [0.717, 1.165) is 42.8 Å². The number of hydrogen-bond donors (Lipinski definition) is 3. The Morgan fingerprint density at radius 1 is 1.16 bits per heavy atom. The highest BCUT2D eigenvalue weighted by Gasteiger charge is 2.11. The van der Waals surface area contributed by atoms with Crippen LogP contribution in [0.4, 0.5) is 5.69 Å². The number of anilines is 1. The molecule has 4 N–H and O–H groups in total. The number of nitrogens with zero attached hydrogens (tertiary/aromatic N) is 2. The van der Waals surface area contributed by atoms with Gasteiger partial charge in [0, 0.05) is 36.6 Å². The Bertz CT molecular complexity index is 982. The molecule has 0 saturated heterocycles. The average molecular weight is 414 g/mol. The van der Waals surface area contributed by atoms with Crippen LogP contribution in [0.25, 0.3) is 17.3 Å². The van der Waals surface area contributed by atoms with Crippen molar-refractivity contribution >= 4 is 18.0 Å². The van der Waals surface area contributed by atoms with Crippen molar-refractivity contribution in [1.29, 1.82) is 5.41 Å². The largest absolute Gasteiger partial charge is 0.397 e. The summed E-state index contributed by atoms with van der Waals surface area (Å²) in [6, 6.07) is 14.2. The summed E-state index contributed by atoms with van der Waals surface area (Å²) in [5.74, 6) is 0.564. The van der Waals surface area contributed by atoms with Gasteiger partial charge in [-0.05, 0) is 66.3 Å². The van der Waals surface area contributed by atoms with Gasteiger partial charge in [0.25, 0.3) is 0 Å². The molecule has 5 nitrogen and oxygen atoms in total. The SMILES string of the molecule is C=Cc1ccc(-c2ccc(N)cn2)cc1CC[C@@H](C)CNC[C@H](C=N)c1cccnc1. The van der Waals surface area contributed by atoms with Crippen LogP contribution >= 0.6 is 0 Å². The van der Waals surface area contributed by atoms with Crippen molar-refractivity contribution in [2.75, 3.05) is 18.8 Å². The maximum Gasteiger partial charge on any atom is 0.0703 e. The summed E-state index contributed by atoms with van der Waals surface area (Å²) < 4.78 is 0. The van der Waals surface area contributed by atoms with Crippen molar-refractivity contribution in [2.45, 2.75) is 25.7 Å². The minimum absolute atomic E-state index is 0.0531. The van der Waals surface area contributed by atoms with Gasteiger partial charge in [0.15, 0.2) is 0 Å². The van der Waals surface area contributed by atoms with Crippen LogP contribution in [0, 0.1) is 11.3 Å². The topological polar surface area (TPSA) is 87.7 Å². The first-order valence-corrected chi connectivity index (χ1v) is 10.7. The molecule has 0 unspecified atom stereocenters. The van der Waals surface area contributed by atoms with Gasteiger partial charge in [-0.2, -0.15) is 0 Å². The van der Waals surface area contributed by atoms with Crippen LogP contribution in [0.3, 0.4) is 0 Å². The summed E-state index contributed by atoms with van der Waals surface area (Å²) in [6.45, 7) is 7.88. The maximum absolute atomic E-state index is 7.71. The van der Waals surface area contributed by atoms with Crippen molar-refractivity contribution in [3.8, 4) is 11.3 Å². The lowest BCUT2D eigenvalue weighted by atomic mass is 9.94. The van der Waals surface area contributed by atoms with Gasteiger partial charge in [-0.1, -0.05) is 37.8 Å². The van der Waals surface area contributed by atoms with Gasteiger partial charge < -0.3 is 16.5 Å². The second-order valence-corrected chi connectivity index (χ2v) is 7.96. The molecule has 0 aliphatic rings. The first-order chi connectivity index (χ1) is 15.1. The number of aromatic nitrogens is 2. The smallest absolute Gasteiger partial charge is 0.0703 e. The Balaban J connectivity index is 1.56. The highest BCUT2D eigenvalue weighted by atomic mass is 14.9. The molecule has 3 aromatic rings. The number of nitrogens with two attached hydrogens (primary N) is 1. The molecule has 160 valence electrons. The summed E-state index contributed by atoms with van der Waals surface area (Å²) in [5, 5.41) is 11.2. The van der Waals surface area contributed by atoms with Gasteiger partial charge in [0.2, 0.25) is 0 Å². The molecule has 0 radical (unpaired) electrons. The molecule has 2 heterocycles. The normalized spacial score (nSPS) is 12.8. The minimum Gasteiger partial charge on any atom is -0.397 e. The summed E-state index contributed by atoms with van der Waals surface area (Å²) in [4.78, 5) is 8.61. The summed E-state index contributed by atoms with van der Waals surface area (Å²) in [6.07, 6.45) is 10.7. The Morgan fingerprint density at radius 2 is 2.03 bits per heavy atom. The number of hydrogen-bond acceptors (Lipinski definition) is 5. The van der Waals surface area contributed by atoms with Crippen molar-refractivity contribution in [3.63, 3.8) is 0 Å². The van der Waals surface area contributed by atoms with Crippen LogP contribution in [0.5, 0.6) is 0 Å². The lowest BCUT2D eigenvalue weighted by molar-refractivity contribution is 0.479. The van der Waals surface area contributed by atoms with Crippen LogP contribution in [-0.2, 0) is 6.42 Å². The summed E-state index contributed by atoms with van der Waals surface area (Å²) >= 11 is 0. The fourth-order valence-corrected chi connectivity index (χ4v) is 3.61. The van der Waals surface area contributed by atoms with Crippen molar-refractivity contribution in [1.82, 2.24) is 15.3 Å². The predicted octanol–water partition coefficient (Wildman–Crippen LogP) is 4.96. The van der Waals surface area contributed by atoms with Gasteiger partial charge in [0.05, 0.1) is 17.6 Å². The van der Waals surface area contributed by atoms with Gasteiger partial charge in [-0.3, -0.25) is 9.97 Å². The first-order valence-electron chi connectivity index (χ1n) is 10.7. The van der Waals surface area contributed by atoms with Crippen LogP contribution < -0.4 is 11.1 Å². The average Bonchev–Trinajstić information content (AvgIpc) is 2.81. The van der Waals surface area contributed by atoms with E-state index in [2.05, 4.69) is 47.0 Å². The Labute approximate surface area is 185 Å². The molecular formula is C26H31N5. The van der Waals surface area contributed by atoms with Crippen LogP contribution in [0.15, 0.2) is 67.6 Å². The molecule has 2 aromatic heterocycles. The number of pyridine rings is 2. The molecule has 31 heavy (non-hydrogen) atoms. The fourth-order valence-electron chi connectivity index (χ4n) is 3.61. The van der Waals surface area contributed by atoms with Crippen molar-refractivity contribution in [2.24, 2.45) is 5.92 Å². The minimum atomic E-state index is 0.0531. The molecule has 3 rings (SSSR count). The van der Waals surface area contributed by atoms with E-state index in [1.54, 1.807) is 12.4 Å². The van der Waals surface area contributed by atoms with E-state index in [9.17, 15) is 0 Å². The van der Waals surface area contributed by atoms with Gasteiger partial charge >= 0.3 is 0 Å². The number of nitrogen functional groups attached to an aromatic ring is 1. The number of aryl methyl sites for hydroxylation is 1. The third kappa shape index (κ3) is 6.33. The lowest BCUT2D eigenvalue weighted by Gasteiger charge is -2.17. The quantitative estimate of drug-likeness (QED) is 0.388. The first kappa shape index (κ1) is 22.4.